The number of aldehydes is 1. The molecule has 0 bridgehead atoms. The first-order valence-electron chi connectivity index (χ1n) is 5.96. The molecular weight excluding hydrogens is 236 g/mol. The van der Waals surface area contributed by atoms with Crippen molar-refractivity contribution >= 4 is 12.0 Å². The third-order valence-corrected chi connectivity index (χ3v) is 3.18. The fourth-order valence-corrected chi connectivity index (χ4v) is 2.08. The van der Waals surface area contributed by atoms with Gasteiger partial charge in [0.1, 0.15) is 12.3 Å². The highest BCUT2D eigenvalue weighted by Crippen LogP contribution is 2.28. The summed E-state index contributed by atoms with van der Waals surface area (Å²) in [7, 11) is 0. The van der Waals surface area contributed by atoms with Crippen molar-refractivity contribution in [3.05, 3.63) is 36.0 Å². The van der Waals surface area contributed by atoms with Crippen LogP contribution in [0.5, 0.6) is 0 Å². The van der Waals surface area contributed by atoms with E-state index >= 15 is 0 Å². The van der Waals surface area contributed by atoms with Gasteiger partial charge in [0.25, 0.3) is 5.92 Å². The number of aliphatic imine (C=N–C) groups is 1. The van der Waals surface area contributed by atoms with Crippen molar-refractivity contribution in [3.8, 4) is 0 Å². The maximum absolute atomic E-state index is 13.2. The number of hydrogen-bond donors (Lipinski definition) is 0. The Kier molecular flexibility index (Phi) is 3.55. The fourth-order valence-electron chi connectivity index (χ4n) is 2.08. The quantitative estimate of drug-likeness (QED) is 0.709. The van der Waals surface area contributed by atoms with E-state index in [1.54, 1.807) is 18.2 Å². The Morgan fingerprint density at radius 2 is 2.17 bits per heavy atom. The Morgan fingerprint density at radius 3 is 2.72 bits per heavy atom. The van der Waals surface area contributed by atoms with Crippen LogP contribution >= 0.6 is 0 Å². The Morgan fingerprint density at radius 1 is 1.39 bits per heavy atom. The van der Waals surface area contributed by atoms with Crippen LogP contribution in [0, 0.1) is 5.92 Å². The lowest BCUT2D eigenvalue weighted by Gasteiger charge is -2.25. The van der Waals surface area contributed by atoms with Crippen molar-refractivity contribution in [2.45, 2.75) is 31.7 Å². The van der Waals surface area contributed by atoms with Crippen LogP contribution in [0.15, 0.2) is 40.9 Å². The highest BCUT2D eigenvalue weighted by Gasteiger charge is 2.34. The van der Waals surface area contributed by atoms with Gasteiger partial charge in [-0.1, -0.05) is 24.3 Å². The molecule has 0 fully saturated rings. The summed E-state index contributed by atoms with van der Waals surface area (Å²) in [6.45, 7) is 0.902. The molecule has 0 saturated heterocycles. The van der Waals surface area contributed by atoms with Gasteiger partial charge in [-0.25, -0.2) is 8.78 Å². The molecule has 0 spiro atoms. The number of halogens is 2. The second-order valence-electron chi connectivity index (χ2n) is 4.69. The largest absolute Gasteiger partial charge is 0.298 e. The summed E-state index contributed by atoms with van der Waals surface area (Å²) < 4.78 is 26.5. The minimum absolute atomic E-state index is 0.00454. The predicted molar refractivity (Wildman–Crippen MR) is 67.0 cm³/mol. The normalized spacial score (nSPS) is 27.7. The van der Waals surface area contributed by atoms with E-state index in [-0.39, 0.29) is 12.3 Å². The summed E-state index contributed by atoms with van der Waals surface area (Å²) in [6.07, 6.45) is 10.6. The first kappa shape index (κ1) is 12.9. The predicted octanol–water partition coefficient (Wildman–Crippen LogP) is 3.11. The third kappa shape index (κ3) is 2.81. The van der Waals surface area contributed by atoms with Gasteiger partial charge in [-0.05, 0) is 18.9 Å². The average Bonchev–Trinajstić information content (AvgIpc) is 2.38. The van der Waals surface area contributed by atoms with Crippen molar-refractivity contribution in [1.29, 1.82) is 0 Å². The van der Waals surface area contributed by atoms with Crippen molar-refractivity contribution in [2.24, 2.45) is 10.9 Å². The van der Waals surface area contributed by atoms with E-state index in [0.29, 0.717) is 17.7 Å². The van der Waals surface area contributed by atoms with Gasteiger partial charge in [-0.15, -0.1) is 0 Å². The minimum atomic E-state index is -2.79. The zero-order valence-corrected chi connectivity index (χ0v) is 10.1. The van der Waals surface area contributed by atoms with Crippen LogP contribution in [0.1, 0.15) is 19.8 Å². The van der Waals surface area contributed by atoms with Gasteiger partial charge in [-0.3, -0.25) is 9.79 Å². The molecule has 4 heteroatoms. The summed E-state index contributed by atoms with van der Waals surface area (Å²) in [5.41, 5.74) is 1.30. The number of dihydropyridines is 1. The van der Waals surface area contributed by atoms with Crippen molar-refractivity contribution in [2.75, 3.05) is 0 Å². The van der Waals surface area contributed by atoms with Gasteiger partial charge in [0, 0.05) is 24.1 Å². The molecule has 0 amide bonds. The van der Waals surface area contributed by atoms with Crippen LogP contribution in [0.2, 0.25) is 0 Å². The van der Waals surface area contributed by atoms with Gasteiger partial charge in [-0.2, -0.15) is 0 Å². The van der Waals surface area contributed by atoms with Crippen LogP contribution in [-0.4, -0.2) is 24.0 Å². The second kappa shape index (κ2) is 4.96. The van der Waals surface area contributed by atoms with E-state index in [1.165, 1.54) is 0 Å². The zero-order chi connectivity index (χ0) is 13.2. The molecule has 2 atom stereocenters. The fraction of sp³-hybridized carbons (Fsp3) is 0.429. The molecule has 0 aromatic carbocycles. The van der Waals surface area contributed by atoms with Crippen LogP contribution < -0.4 is 0 Å². The SMILES string of the molecule is CC(F)(F)C1CC=CC(C2C=CC(C=O)=CC2)=N1. The number of carbonyl (C=O) groups excluding carboxylic acids is 1. The molecule has 0 aromatic heterocycles. The van der Waals surface area contributed by atoms with Gasteiger partial charge in [0.2, 0.25) is 0 Å². The number of hydrogen-bond acceptors (Lipinski definition) is 2. The molecule has 96 valence electrons. The molecule has 1 heterocycles. The monoisotopic (exact) mass is 251 g/mol. The van der Waals surface area contributed by atoms with E-state index in [0.717, 1.165) is 13.2 Å². The van der Waals surface area contributed by atoms with Crippen LogP contribution in [0.3, 0.4) is 0 Å². The number of rotatable bonds is 3. The lowest BCUT2D eigenvalue weighted by atomic mass is 9.90. The maximum atomic E-state index is 13.2. The molecule has 0 saturated carbocycles. The van der Waals surface area contributed by atoms with Crippen molar-refractivity contribution < 1.29 is 13.6 Å². The maximum Gasteiger partial charge on any atom is 0.267 e. The number of allylic oxidation sites excluding steroid dienone is 5. The standard InChI is InChI=1S/C14H15F2NO/c1-14(15,16)13-4-2-3-12(17-13)11-7-5-10(9-18)6-8-11/h2-3,5-7,9,11,13H,4,8H2,1H3. The molecule has 2 nitrogen and oxygen atoms in total. The molecule has 0 radical (unpaired) electrons. The van der Waals surface area contributed by atoms with E-state index in [1.807, 2.05) is 12.2 Å². The van der Waals surface area contributed by atoms with E-state index in [9.17, 15) is 13.6 Å². The summed E-state index contributed by atoms with van der Waals surface area (Å²) >= 11 is 0. The Labute approximate surface area is 105 Å². The molecule has 2 unspecified atom stereocenters. The molecule has 0 aromatic rings. The van der Waals surface area contributed by atoms with E-state index < -0.39 is 12.0 Å². The minimum Gasteiger partial charge on any atom is -0.298 e. The molecule has 2 rings (SSSR count). The summed E-state index contributed by atoms with van der Waals surface area (Å²) in [5.74, 6) is -2.80. The number of alkyl halides is 2. The first-order chi connectivity index (χ1) is 8.50. The van der Waals surface area contributed by atoms with Gasteiger partial charge >= 0.3 is 0 Å². The molecular formula is C14H15F2NO. The molecule has 1 aliphatic carbocycles. The van der Waals surface area contributed by atoms with Crippen LogP contribution in [-0.2, 0) is 4.79 Å². The Balaban J connectivity index is 2.13. The smallest absolute Gasteiger partial charge is 0.267 e. The Hall–Kier alpha value is -1.58. The second-order valence-corrected chi connectivity index (χ2v) is 4.69. The summed E-state index contributed by atoms with van der Waals surface area (Å²) in [6, 6.07) is -0.970. The molecule has 18 heavy (non-hydrogen) atoms. The van der Waals surface area contributed by atoms with E-state index in [4.69, 9.17) is 0 Å². The summed E-state index contributed by atoms with van der Waals surface area (Å²) in [5, 5.41) is 0. The lowest BCUT2D eigenvalue weighted by molar-refractivity contribution is -0.104. The van der Waals surface area contributed by atoms with Crippen molar-refractivity contribution in [3.63, 3.8) is 0 Å². The first-order valence-corrected chi connectivity index (χ1v) is 5.96. The Bertz CT molecular complexity index is 455. The molecule has 0 N–H and O–H groups in total. The topological polar surface area (TPSA) is 29.4 Å². The highest BCUT2D eigenvalue weighted by atomic mass is 19.3. The van der Waals surface area contributed by atoms with Gasteiger partial charge < -0.3 is 0 Å². The lowest BCUT2D eigenvalue weighted by Crippen LogP contribution is -2.31. The number of nitrogens with zero attached hydrogens (tertiary/aromatic N) is 1. The zero-order valence-electron chi connectivity index (χ0n) is 10.1. The van der Waals surface area contributed by atoms with Crippen molar-refractivity contribution in [1.82, 2.24) is 0 Å². The van der Waals surface area contributed by atoms with Crippen LogP contribution in [0.25, 0.3) is 0 Å². The highest BCUT2D eigenvalue weighted by molar-refractivity contribution is 5.99. The average molecular weight is 251 g/mol. The molecule has 2 aliphatic rings. The summed E-state index contributed by atoms with van der Waals surface area (Å²) in [4.78, 5) is 14.7. The van der Waals surface area contributed by atoms with Gasteiger partial charge in [0.15, 0.2) is 0 Å². The molecule has 1 aliphatic heterocycles. The van der Waals surface area contributed by atoms with Gasteiger partial charge in [0.05, 0.1) is 0 Å². The third-order valence-electron chi connectivity index (χ3n) is 3.18. The number of carbonyl (C=O) groups is 1. The van der Waals surface area contributed by atoms with Crippen LogP contribution in [0.4, 0.5) is 8.78 Å². The van der Waals surface area contributed by atoms with E-state index in [2.05, 4.69) is 4.99 Å².